The zero-order valence-corrected chi connectivity index (χ0v) is 14.5. The number of aromatic nitrogens is 2. The van der Waals surface area contributed by atoms with Crippen molar-refractivity contribution >= 4 is 0 Å². The molecule has 4 rings (SSSR count). The molecule has 2 aromatic carbocycles. The number of hydrogen-bond donors (Lipinski definition) is 2. The summed E-state index contributed by atoms with van der Waals surface area (Å²) in [4.78, 5) is 0. The molecule has 1 aliphatic rings. The van der Waals surface area contributed by atoms with E-state index in [1.807, 2.05) is 6.92 Å². The van der Waals surface area contributed by atoms with E-state index >= 15 is 0 Å². The summed E-state index contributed by atoms with van der Waals surface area (Å²) in [5, 5.41) is 24.6. The van der Waals surface area contributed by atoms with Crippen LogP contribution in [-0.2, 0) is 18.8 Å². The normalized spacial score (nSPS) is 18.4. The summed E-state index contributed by atoms with van der Waals surface area (Å²) < 4.78 is 43.7. The minimum Gasteiger partial charge on any atom is -0.392 e. The second kappa shape index (κ2) is 5.94. The molecular formula is C20H17F3N2O2. The van der Waals surface area contributed by atoms with Crippen molar-refractivity contribution in [1.82, 2.24) is 9.78 Å². The van der Waals surface area contributed by atoms with Gasteiger partial charge in [0.15, 0.2) is 0 Å². The van der Waals surface area contributed by atoms with Crippen LogP contribution in [0.1, 0.15) is 23.6 Å². The lowest BCUT2D eigenvalue weighted by Crippen LogP contribution is -2.41. The maximum atomic E-state index is 14.0. The average Bonchev–Trinajstić information content (AvgIpc) is 3.23. The Morgan fingerprint density at radius 3 is 2.52 bits per heavy atom. The molecule has 1 aliphatic carbocycles. The minimum absolute atomic E-state index is 0.229. The topological polar surface area (TPSA) is 58.3 Å². The highest BCUT2D eigenvalue weighted by molar-refractivity contribution is 5.85. The van der Waals surface area contributed by atoms with Crippen molar-refractivity contribution in [3.05, 3.63) is 65.5 Å². The maximum absolute atomic E-state index is 14.0. The molecule has 3 aromatic rings. The van der Waals surface area contributed by atoms with Crippen LogP contribution in [0.5, 0.6) is 0 Å². The van der Waals surface area contributed by atoms with Crippen LogP contribution in [0.3, 0.4) is 0 Å². The van der Waals surface area contributed by atoms with E-state index in [2.05, 4.69) is 5.10 Å². The Hall–Kier alpha value is -2.64. The van der Waals surface area contributed by atoms with Gasteiger partial charge in [-0.3, -0.25) is 4.68 Å². The fourth-order valence-electron chi connectivity index (χ4n) is 3.73. The largest absolute Gasteiger partial charge is 0.425 e. The third-order valence-corrected chi connectivity index (χ3v) is 5.09. The third-order valence-electron chi connectivity index (χ3n) is 5.09. The second-order valence-electron chi connectivity index (χ2n) is 6.55. The van der Waals surface area contributed by atoms with Gasteiger partial charge in [-0.15, -0.1) is 0 Å². The lowest BCUT2D eigenvalue weighted by atomic mass is 9.89. The van der Waals surface area contributed by atoms with Crippen molar-refractivity contribution in [3.8, 4) is 22.3 Å². The molecule has 1 aromatic heterocycles. The molecule has 4 nitrogen and oxygen atoms in total. The Kier molecular flexibility index (Phi) is 3.90. The van der Waals surface area contributed by atoms with Crippen molar-refractivity contribution in [3.63, 3.8) is 0 Å². The molecule has 0 radical (unpaired) electrons. The summed E-state index contributed by atoms with van der Waals surface area (Å²) in [6.07, 6.45) is -1.58. The van der Waals surface area contributed by atoms with E-state index in [1.165, 1.54) is 18.2 Å². The zero-order chi connectivity index (χ0) is 19.4. The van der Waals surface area contributed by atoms with E-state index in [9.17, 15) is 23.4 Å². The quantitative estimate of drug-likeness (QED) is 0.732. The molecule has 140 valence electrons. The summed E-state index contributed by atoms with van der Waals surface area (Å²) in [6, 6.07) is 8.87. The molecule has 1 unspecified atom stereocenters. The van der Waals surface area contributed by atoms with Gasteiger partial charge in [0.1, 0.15) is 0 Å². The van der Waals surface area contributed by atoms with Gasteiger partial charge in [-0.1, -0.05) is 30.3 Å². The van der Waals surface area contributed by atoms with E-state index in [0.717, 1.165) is 0 Å². The summed E-state index contributed by atoms with van der Waals surface area (Å²) in [5.74, 6) is 0. The van der Waals surface area contributed by atoms with Gasteiger partial charge in [-0.2, -0.15) is 18.3 Å². The van der Waals surface area contributed by atoms with E-state index in [4.69, 9.17) is 0 Å². The van der Waals surface area contributed by atoms with Crippen LogP contribution in [0.4, 0.5) is 13.2 Å². The Labute approximate surface area is 153 Å². The first kappa shape index (κ1) is 17.8. The van der Waals surface area contributed by atoms with Crippen molar-refractivity contribution in [1.29, 1.82) is 0 Å². The van der Waals surface area contributed by atoms with Gasteiger partial charge < -0.3 is 10.2 Å². The van der Waals surface area contributed by atoms with Crippen molar-refractivity contribution in [2.75, 3.05) is 0 Å². The van der Waals surface area contributed by atoms with Crippen LogP contribution in [0, 0.1) is 0 Å². The molecule has 0 fully saturated rings. The van der Waals surface area contributed by atoms with E-state index in [1.54, 1.807) is 35.3 Å². The van der Waals surface area contributed by atoms with Gasteiger partial charge >= 0.3 is 6.18 Å². The number of aliphatic hydroxyl groups excluding tert-OH is 1. The van der Waals surface area contributed by atoms with Gasteiger partial charge in [0.05, 0.1) is 12.8 Å². The van der Waals surface area contributed by atoms with Gasteiger partial charge in [-0.05, 0) is 35.2 Å². The molecule has 0 spiro atoms. The predicted octanol–water partition coefficient (Wildman–Crippen LogP) is 3.84. The van der Waals surface area contributed by atoms with Crippen molar-refractivity contribution in [2.24, 2.45) is 0 Å². The summed E-state index contributed by atoms with van der Waals surface area (Å²) in [6.45, 7) is 2.14. The lowest BCUT2D eigenvalue weighted by molar-refractivity contribution is -0.246. The fourth-order valence-corrected chi connectivity index (χ4v) is 3.73. The Morgan fingerprint density at radius 1 is 1.11 bits per heavy atom. The number of hydrogen-bond acceptors (Lipinski definition) is 3. The first-order chi connectivity index (χ1) is 12.8. The van der Waals surface area contributed by atoms with Crippen LogP contribution < -0.4 is 0 Å². The van der Waals surface area contributed by atoms with Gasteiger partial charge in [0, 0.05) is 29.4 Å². The summed E-state index contributed by atoms with van der Waals surface area (Å²) in [5.41, 5.74) is -1.53. The molecule has 0 aliphatic heterocycles. The maximum Gasteiger partial charge on any atom is 0.425 e. The minimum atomic E-state index is -4.91. The molecule has 7 heteroatoms. The SMILES string of the molecule is CCn1cc(-c2ccc3c(c2)C(O)(C(F)(F)F)c2cccc(CO)c2-3)cn1. The Morgan fingerprint density at radius 2 is 1.89 bits per heavy atom. The summed E-state index contributed by atoms with van der Waals surface area (Å²) in [7, 11) is 0. The van der Waals surface area contributed by atoms with Gasteiger partial charge in [0.25, 0.3) is 0 Å². The monoisotopic (exact) mass is 374 g/mol. The molecule has 1 heterocycles. The summed E-state index contributed by atoms with van der Waals surface area (Å²) >= 11 is 0. The van der Waals surface area contributed by atoms with Gasteiger partial charge in [-0.25, -0.2) is 0 Å². The number of benzene rings is 2. The Bertz CT molecular complexity index is 1030. The van der Waals surface area contributed by atoms with Crippen molar-refractivity contribution < 1.29 is 23.4 Å². The number of rotatable bonds is 3. The first-order valence-electron chi connectivity index (χ1n) is 8.51. The Balaban J connectivity index is 1.99. The standard InChI is InChI=1S/C20H17F3N2O2/c1-2-25-10-14(9-24-25)12-6-7-15-17(8-12)19(27,20(21,22)23)16-5-3-4-13(11-26)18(15)16/h3-10,26-27H,2,11H2,1H3. The number of aryl methyl sites for hydroxylation is 1. The van der Waals surface area contributed by atoms with Crippen molar-refractivity contribution in [2.45, 2.75) is 31.9 Å². The molecule has 2 N–H and O–H groups in total. The molecule has 0 saturated heterocycles. The highest BCUT2D eigenvalue weighted by atomic mass is 19.4. The highest BCUT2D eigenvalue weighted by Gasteiger charge is 2.61. The number of nitrogens with zero attached hydrogens (tertiary/aromatic N) is 2. The van der Waals surface area contributed by atoms with Crippen LogP contribution in [-0.4, -0.2) is 26.2 Å². The van der Waals surface area contributed by atoms with E-state index in [-0.39, 0.29) is 22.3 Å². The van der Waals surface area contributed by atoms with E-state index in [0.29, 0.717) is 23.2 Å². The number of aliphatic hydroxyl groups is 2. The third kappa shape index (κ3) is 2.42. The molecule has 1 atom stereocenters. The van der Waals surface area contributed by atoms with Gasteiger partial charge in [0.2, 0.25) is 5.60 Å². The molecule has 0 saturated carbocycles. The van der Waals surface area contributed by atoms with Crippen LogP contribution in [0.25, 0.3) is 22.3 Å². The van der Waals surface area contributed by atoms with Crippen LogP contribution in [0.15, 0.2) is 48.8 Å². The number of fused-ring (bicyclic) bond motifs is 3. The second-order valence-corrected chi connectivity index (χ2v) is 6.55. The molecular weight excluding hydrogens is 357 g/mol. The molecule has 0 bridgehead atoms. The predicted molar refractivity (Wildman–Crippen MR) is 93.7 cm³/mol. The first-order valence-corrected chi connectivity index (χ1v) is 8.51. The number of alkyl halides is 3. The van der Waals surface area contributed by atoms with E-state index < -0.39 is 18.4 Å². The van der Waals surface area contributed by atoms with Crippen LogP contribution >= 0.6 is 0 Å². The smallest absolute Gasteiger partial charge is 0.392 e. The average molecular weight is 374 g/mol. The fraction of sp³-hybridized carbons (Fsp3) is 0.250. The number of halogens is 3. The lowest BCUT2D eigenvalue weighted by Gasteiger charge is -2.28. The van der Waals surface area contributed by atoms with Crippen LogP contribution in [0.2, 0.25) is 0 Å². The molecule has 27 heavy (non-hydrogen) atoms. The zero-order valence-electron chi connectivity index (χ0n) is 14.5. The highest BCUT2D eigenvalue weighted by Crippen LogP contribution is 2.56. The molecule has 0 amide bonds.